The van der Waals surface area contributed by atoms with E-state index in [0.717, 1.165) is 30.8 Å². The molecule has 0 radical (unpaired) electrons. The van der Waals surface area contributed by atoms with Crippen molar-refractivity contribution in [1.82, 2.24) is 0 Å². The van der Waals surface area contributed by atoms with Crippen LogP contribution in [0.3, 0.4) is 0 Å². The fraction of sp³-hybridized carbons (Fsp3) is 0.235. The largest absolute Gasteiger partial charge is 0.504 e. The molecule has 0 aliphatic carbocycles. The number of carbonyl (C=O) groups excluding carboxylic acids is 1. The van der Waals surface area contributed by atoms with Crippen LogP contribution in [0.4, 0.5) is 11.4 Å². The molecular formula is C17H18N2O3. The first kappa shape index (κ1) is 14.3. The average Bonchev–Trinajstić information content (AvgIpc) is 2.55. The number of methoxy groups -OCH3 is 1. The van der Waals surface area contributed by atoms with Crippen LogP contribution in [-0.4, -0.2) is 24.7 Å². The number of rotatable bonds is 3. The zero-order valence-corrected chi connectivity index (χ0v) is 12.3. The van der Waals surface area contributed by atoms with Gasteiger partial charge in [-0.3, -0.25) is 4.79 Å². The average molecular weight is 298 g/mol. The number of carbonyl (C=O) groups is 1. The molecule has 0 fully saturated rings. The van der Waals surface area contributed by atoms with E-state index >= 15 is 0 Å². The Morgan fingerprint density at radius 2 is 2.09 bits per heavy atom. The quantitative estimate of drug-likeness (QED) is 0.814. The van der Waals surface area contributed by atoms with Gasteiger partial charge in [-0.1, -0.05) is 18.2 Å². The van der Waals surface area contributed by atoms with Gasteiger partial charge in [0.1, 0.15) is 0 Å². The van der Waals surface area contributed by atoms with Crippen LogP contribution in [-0.2, 0) is 6.42 Å². The van der Waals surface area contributed by atoms with Gasteiger partial charge in [0.2, 0.25) is 0 Å². The molecular weight excluding hydrogens is 280 g/mol. The van der Waals surface area contributed by atoms with Gasteiger partial charge in [0.25, 0.3) is 5.91 Å². The third-order valence-electron chi connectivity index (χ3n) is 3.79. The van der Waals surface area contributed by atoms with E-state index in [1.54, 1.807) is 18.2 Å². The molecule has 2 aromatic carbocycles. The third-order valence-corrected chi connectivity index (χ3v) is 3.79. The summed E-state index contributed by atoms with van der Waals surface area (Å²) in [5, 5.41) is 16.3. The molecule has 1 amide bonds. The van der Waals surface area contributed by atoms with Gasteiger partial charge in [0.15, 0.2) is 11.5 Å². The fourth-order valence-electron chi connectivity index (χ4n) is 2.67. The molecule has 0 atom stereocenters. The zero-order valence-electron chi connectivity index (χ0n) is 12.3. The van der Waals surface area contributed by atoms with Crippen molar-refractivity contribution in [3.8, 4) is 11.5 Å². The summed E-state index contributed by atoms with van der Waals surface area (Å²) in [6.07, 6.45) is 2.08. The highest BCUT2D eigenvalue weighted by molar-refractivity contribution is 6.08. The van der Waals surface area contributed by atoms with Crippen molar-refractivity contribution in [1.29, 1.82) is 0 Å². The molecule has 114 valence electrons. The highest BCUT2D eigenvalue weighted by Crippen LogP contribution is 2.33. The second-order valence-corrected chi connectivity index (χ2v) is 5.18. The zero-order chi connectivity index (χ0) is 15.5. The second-order valence-electron chi connectivity index (χ2n) is 5.18. The van der Waals surface area contributed by atoms with Crippen LogP contribution < -0.4 is 15.4 Å². The summed E-state index contributed by atoms with van der Waals surface area (Å²) >= 11 is 0. The number of hydrogen-bond donors (Lipinski definition) is 3. The van der Waals surface area contributed by atoms with Crippen LogP contribution in [0.15, 0.2) is 36.4 Å². The molecule has 1 heterocycles. The number of phenols is 1. The van der Waals surface area contributed by atoms with Crippen LogP contribution in [0.2, 0.25) is 0 Å². The Balaban J connectivity index is 1.89. The van der Waals surface area contributed by atoms with E-state index in [4.69, 9.17) is 4.74 Å². The summed E-state index contributed by atoms with van der Waals surface area (Å²) < 4.78 is 5.03. The number of ether oxygens (including phenoxy) is 1. The third kappa shape index (κ3) is 2.57. The SMILES string of the molecule is COc1cccc(C(=O)Nc2cccc3c2NCCC3)c1O. The van der Waals surface area contributed by atoms with E-state index in [1.807, 2.05) is 12.1 Å². The smallest absolute Gasteiger partial charge is 0.259 e. The highest BCUT2D eigenvalue weighted by Gasteiger charge is 2.18. The standard InChI is InChI=1S/C17H18N2O3/c1-22-14-9-3-7-12(16(14)20)17(21)19-13-8-2-5-11-6-4-10-18-15(11)13/h2-3,5,7-9,18,20H,4,6,10H2,1H3,(H,19,21). The van der Waals surface area contributed by atoms with Gasteiger partial charge in [-0.15, -0.1) is 0 Å². The summed E-state index contributed by atoms with van der Waals surface area (Å²) in [5.74, 6) is -0.238. The van der Waals surface area contributed by atoms with Gasteiger partial charge in [-0.25, -0.2) is 0 Å². The van der Waals surface area contributed by atoms with Gasteiger partial charge >= 0.3 is 0 Å². The maximum atomic E-state index is 12.4. The monoisotopic (exact) mass is 298 g/mol. The van der Waals surface area contributed by atoms with Crippen LogP contribution in [0, 0.1) is 0 Å². The van der Waals surface area contributed by atoms with E-state index in [2.05, 4.69) is 16.7 Å². The number of benzene rings is 2. The number of amides is 1. The van der Waals surface area contributed by atoms with E-state index in [1.165, 1.54) is 12.7 Å². The van der Waals surface area contributed by atoms with Gasteiger partial charge in [0.05, 0.1) is 24.0 Å². The van der Waals surface area contributed by atoms with Crippen molar-refractivity contribution < 1.29 is 14.6 Å². The molecule has 3 N–H and O–H groups in total. The molecule has 1 aliphatic heterocycles. The Bertz CT molecular complexity index is 713. The number of phenolic OH excluding ortho intramolecular Hbond substituents is 1. The second kappa shape index (κ2) is 5.97. The van der Waals surface area contributed by atoms with E-state index < -0.39 is 0 Å². The number of anilines is 2. The number of aromatic hydroxyl groups is 1. The van der Waals surface area contributed by atoms with Gasteiger partial charge in [0, 0.05) is 6.54 Å². The molecule has 0 aromatic heterocycles. The molecule has 5 heteroatoms. The molecule has 22 heavy (non-hydrogen) atoms. The number of aryl methyl sites for hydroxylation is 1. The molecule has 0 saturated carbocycles. The first-order valence-electron chi connectivity index (χ1n) is 7.24. The molecule has 3 rings (SSSR count). The molecule has 0 bridgehead atoms. The summed E-state index contributed by atoms with van der Waals surface area (Å²) in [7, 11) is 1.45. The first-order chi connectivity index (χ1) is 10.7. The van der Waals surface area contributed by atoms with Gasteiger partial charge < -0.3 is 20.5 Å². The highest BCUT2D eigenvalue weighted by atomic mass is 16.5. The Labute approximate surface area is 128 Å². The number of nitrogens with one attached hydrogen (secondary N) is 2. The minimum absolute atomic E-state index is 0.153. The summed E-state index contributed by atoms with van der Waals surface area (Å²) in [6, 6.07) is 10.7. The van der Waals surface area contributed by atoms with Crippen molar-refractivity contribution >= 4 is 17.3 Å². The van der Waals surface area contributed by atoms with Crippen molar-refractivity contribution in [2.75, 3.05) is 24.3 Å². The molecule has 1 aliphatic rings. The van der Waals surface area contributed by atoms with E-state index in [-0.39, 0.29) is 23.0 Å². The van der Waals surface area contributed by atoms with Crippen LogP contribution >= 0.6 is 0 Å². The van der Waals surface area contributed by atoms with E-state index in [9.17, 15) is 9.90 Å². The van der Waals surface area contributed by atoms with Gasteiger partial charge in [-0.2, -0.15) is 0 Å². The molecule has 2 aromatic rings. The Hall–Kier alpha value is -2.69. The van der Waals surface area contributed by atoms with Crippen molar-refractivity contribution in [3.05, 3.63) is 47.5 Å². The number of hydrogen-bond acceptors (Lipinski definition) is 4. The number of para-hydroxylation sites is 2. The van der Waals surface area contributed by atoms with Crippen LogP contribution in [0.1, 0.15) is 22.3 Å². The van der Waals surface area contributed by atoms with Crippen molar-refractivity contribution in [3.63, 3.8) is 0 Å². The molecule has 0 spiro atoms. The maximum Gasteiger partial charge on any atom is 0.259 e. The van der Waals surface area contributed by atoms with Crippen LogP contribution in [0.25, 0.3) is 0 Å². The normalized spacial score (nSPS) is 13.0. The summed E-state index contributed by atoms with van der Waals surface area (Å²) in [6.45, 7) is 0.893. The van der Waals surface area contributed by atoms with Crippen molar-refractivity contribution in [2.24, 2.45) is 0 Å². The predicted molar refractivity (Wildman–Crippen MR) is 85.9 cm³/mol. The molecule has 0 saturated heterocycles. The molecule has 5 nitrogen and oxygen atoms in total. The Morgan fingerprint density at radius 1 is 1.27 bits per heavy atom. The lowest BCUT2D eigenvalue weighted by Gasteiger charge is -2.21. The fourth-order valence-corrected chi connectivity index (χ4v) is 2.67. The Kier molecular flexibility index (Phi) is 3.87. The number of fused-ring (bicyclic) bond motifs is 1. The maximum absolute atomic E-state index is 12.4. The lowest BCUT2D eigenvalue weighted by atomic mass is 10.0. The minimum atomic E-state index is -0.364. The van der Waals surface area contributed by atoms with E-state index in [0.29, 0.717) is 0 Å². The van der Waals surface area contributed by atoms with Crippen LogP contribution in [0.5, 0.6) is 11.5 Å². The van der Waals surface area contributed by atoms with Gasteiger partial charge in [-0.05, 0) is 36.6 Å². The molecule has 0 unspecified atom stereocenters. The minimum Gasteiger partial charge on any atom is -0.504 e. The first-order valence-corrected chi connectivity index (χ1v) is 7.24. The summed E-state index contributed by atoms with van der Waals surface area (Å²) in [5.41, 5.74) is 3.07. The predicted octanol–water partition coefficient (Wildman–Crippen LogP) is 3.01. The topological polar surface area (TPSA) is 70.6 Å². The summed E-state index contributed by atoms with van der Waals surface area (Å²) in [4.78, 5) is 12.4. The van der Waals surface area contributed by atoms with Crippen molar-refractivity contribution in [2.45, 2.75) is 12.8 Å². The Morgan fingerprint density at radius 3 is 2.91 bits per heavy atom. The lowest BCUT2D eigenvalue weighted by molar-refractivity contribution is 0.102. The lowest BCUT2D eigenvalue weighted by Crippen LogP contribution is -2.17.